The first kappa shape index (κ1) is 13.8. The highest BCUT2D eigenvalue weighted by atomic mass is 15.4. The van der Waals surface area contributed by atoms with E-state index in [1.165, 1.54) is 19.3 Å². The van der Waals surface area contributed by atoms with E-state index < -0.39 is 0 Å². The van der Waals surface area contributed by atoms with E-state index in [-0.39, 0.29) is 0 Å². The van der Waals surface area contributed by atoms with E-state index in [0.717, 1.165) is 19.0 Å². The lowest BCUT2D eigenvalue weighted by Gasteiger charge is -2.32. The van der Waals surface area contributed by atoms with Gasteiger partial charge in [-0.1, -0.05) is 13.3 Å². The Bertz CT molecular complexity index is 421. The molecule has 1 atom stereocenters. The van der Waals surface area contributed by atoms with Crippen LogP contribution in [0.1, 0.15) is 26.2 Å². The minimum Gasteiger partial charge on any atom is -0.347 e. The summed E-state index contributed by atoms with van der Waals surface area (Å²) in [7, 11) is 3.81. The molecule has 106 valence electrons. The average Bonchev–Trinajstić information content (AvgIpc) is 2.46. The number of nitrogens with two attached hydrogens (primary N) is 1. The summed E-state index contributed by atoms with van der Waals surface area (Å²) < 4.78 is 0. The number of nitrogens with one attached hydrogen (secondary N) is 1. The van der Waals surface area contributed by atoms with Gasteiger partial charge in [-0.3, -0.25) is 5.43 Å². The number of hydrazine groups is 1. The number of piperidine rings is 1. The third-order valence-electron chi connectivity index (χ3n) is 3.52. The van der Waals surface area contributed by atoms with E-state index in [2.05, 4.69) is 32.2 Å². The van der Waals surface area contributed by atoms with Crippen LogP contribution < -0.4 is 21.1 Å². The van der Waals surface area contributed by atoms with Gasteiger partial charge in [0.05, 0.1) is 0 Å². The van der Waals surface area contributed by atoms with Crippen LogP contribution >= 0.6 is 0 Å². The molecule has 0 aromatic carbocycles. The van der Waals surface area contributed by atoms with E-state index in [1.54, 1.807) is 0 Å². The van der Waals surface area contributed by atoms with Crippen molar-refractivity contribution in [3.8, 4) is 0 Å². The van der Waals surface area contributed by atoms with Crippen molar-refractivity contribution in [3.05, 3.63) is 0 Å². The molecule has 2 rings (SSSR count). The number of nitrogen functional groups attached to an aromatic ring is 1. The molecule has 1 unspecified atom stereocenters. The molecule has 7 heteroatoms. The maximum absolute atomic E-state index is 5.43. The Kier molecular flexibility index (Phi) is 4.36. The van der Waals surface area contributed by atoms with Gasteiger partial charge in [-0.25, -0.2) is 5.84 Å². The number of anilines is 3. The second-order valence-corrected chi connectivity index (χ2v) is 5.16. The number of aromatic nitrogens is 3. The van der Waals surface area contributed by atoms with Crippen LogP contribution in [0.5, 0.6) is 0 Å². The van der Waals surface area contributed by atoms with Gasteiger partial charge in [0.25, 0.3) is 0 Å². The molecule has 1 aliphatic rings. The molecule has 1 saturated heterocycles. The fraction of sp³-hybridized carbons (Fsp3) is 0.750. The van der Waals surface area contributed by atoms with Crippen LogP contribution in [0.15, 0.2) is 0 Å². The number of hydrogen-bond donors (Lipinski definition) is 2. The van der Waals surface area contributed by atoms with Gasteiger partial charge in [-0.05, 0) is 18.8 Å². The Hall–Kier alpha value is -1.63. The van der Waals surface area contributed by atoms with Gasteiger partial charge in [0, 0.05) is 27.2 Å². The summed E-state index contributed by atoms with van der Waals surface area (Å²) in [6.07, 6.45) is 3.68. The summed E-state index contributed by atoms with van der Waals surface area (Å²) in [4.78, 5) is 17.2. The molecule has 19 heavy (non-hydrogen) atoms. The molecule has 1 fully saturated rings. The topological polar surface area (TPSA) is 83.2 Å². The molecule has 0 spiro atoms. The lowest BCUT2D eigenvalue weighted by molar-refractivity contribution is 0.401. The van der Waals surface area contributed by atoms with Crippen LogP contribution in [0, 0.1) is 5.92 Å². The smallest absolute Gasteiger partial charge is 0.243 e. The van der Waals surface area contributed by atoms with Crippen molar-refractivity contribution in [1.82, 2.24) is 15.0 Å². The number of nitrogens with zero attached hydrogens (tertiary/aromatic N) is 5. The molecular weight excluding hydrogens is 242 g/mol. The van der Waals surface area contributed by atoms with Crippen LogP contribution in [0.2, 0.25) is 0 Å². The predicted octanol–water partition coefficient (Wildman–Crippen LogP) is 0.850. The molecule has 0 bridgehead atoms. The van der Waals surface area contributed by atoms with E-state index >= 15 is 0 Å². The third kappa shape index (κ3) is 3.23. The first-order valence-corrected chi connectivity index (χ1v) is 6.79. The van der Waals surface area contributed by atoms with Crippen molar-refractivity contribution in [2.24, 2.45) is 11.8 Å². The molecule has 0 aliphatic carbocycles. The lowest BCUT2D eigenvalue weighted by Crippen LogP contribution is -2.37. The van der Waals surface area contributed by atoms with Crippen molar-refractivity contribution in [3.63, 3.8) is 0 Å². The fourth-order valence-electron chi connectivity index (χ4n) is 2.34. The Morgan fingerprint density at radius 1 is 1.37 bits per heavy atom. The first-order valence-electron chi connectivity index (χ1n) is 6.79. The predicted molar refractivity (Wildman–Crippen MR) is 77.2 cm³/mol. The molecule has 2 heterocycles. The highest BCUT2D eigenvalue weighted by molar-refractivity contribution is 5.44. The number of hydrogen-bond acceptors (Lipinski definition) is 7. The van der Waals surface area contributed by atoms with Gasteiger partial charge >= 0.3 is 0 Å². The molecule has 7 nitrogen and oxygen atoms in total. The Balaban J connectivity index is 2.25. The summed E-state index contributed by atoms with van der Waals surface area (Å²) in [5.41, 5.74) is 2.51. The van der Waals surface area contributed by atoms with E-state index in [1.807, 2.05) is 19.0 Å². The van der Waals surface area contributed by atoms with Crippen molar-refractivity contribution in [2.45, 2.75) is 26.2 Å². The molecule has 0 saturated carbocycles. The monoisotopic (exact) mass is 265 g/mol. The van der Waals surface area contributed by atoms with Crippen LogP contribution in [0.4, 0.5) is 17.8 Å². The molecular formula is C12H23N7. The maximum Gasteiger partial charge on any atom is 0.243 e. The van der Waals surface area contributed by atoms with Crippen molar-refractivity contribution >= 4 is 17.8 Å². The zero-order chi connectivity index (χ0) is 13.8. The highest BCUT2D eigenvalue weighted by Crippen LogP contribution is 2.23. The van der Waals surface area contributed by atoms with Crippen LogP contribution in [-0.2, 0) is 0 Å². The van der Waals surface area contributed by atoms with Crippen molar-refractivity contribution in [1.29, 1.82) is 0 Å². The van der Waals surface area contributed by atoms with Gasteiger partial charge in [0.1, 0.15) is 0 Å². The van der Waals surface area contributed by atoms with Gasteiger partial charge in [0.15, 0.2) is 0 Å². The summed E-state index contributed by atoms with van der Waals surface area (Å²) >= 11 is 0. The Morgan fingerprint density at radius 2 is 2.16 bits per heavy atom. The lowest BCUT2D eigenvalue weighted by atomic mass is 9.96. The minimum absolute atomic E-state index is 0.410. The van der Waals surface area contributed by atoms with Crippen molar-refractivity contribution in [2.75, 3.05) is 42.4 Å². The molecule has 0 amide bonds. The van der Waals surface area contributed by atoms with Crippen LogP contribution in [0.25, 0.3) is 0 Å². The first-order chi connectivity index (χ1) is 9.13. The molecule has 1 aliphatic heterocycles. The van der Waals surface area contributed by atoms with E-state index in [4.69, 9.17) is 5.84 Å². The average molecular weight is 265 g/mol. The van der Waals surface area contributed by atoms with E-state index in [0.29, 0.717) is 17.8 Å². The van der Waals surface area contributed by atoms with Crippen LogP contribution in [-0.4, -0.2) is 42.1 Å². The Morgan fingerprint density at radius 3 is 2.79 bits per heavy atom. The zero-order valence-electron chi connectivity index (χ0n) is 11.9. The SMILES string of the molecule is CCC1CCCN(c2nc(NN)nc(N(C)C)n2)C1. The standard InChI is InChI=1S/C12H23N7/c1-4-9-6-5-7-19(8-9)12-15-10(17-13)14-11(16-12)18(2)3/h9H,4-8,13H2,1-3H3,(H,14,15,16,17). The van der Waals surface area contributed by atoms with Crippen molar-refractivity contribution < 1.29 is 0 Å². The molecule has 1 aromatic heterocycles. The summed E-state index contributed by atoms with van der Waals surface area (Å²) in [6.45, 7) is 4.24. The van der Waals surface area contributed by atoms with E-state index in [9.17, 15) is 0 Å². The highest BCUT2D eigenvalue weighted by Gasteiger charge is 2.22. The minimum atomic E-state index is 0.410. The summed E-state index contributed by atoms with van der Waals surface area (Å²) in [6, 6.07) is 0. The third-order valence-corrected chi connectivity index (χ3v) is 3.52. The summed E-state index contributed by atoms with van der Waals surface area (Å²) in [5, 5.41) is 0. The normalized spacial score (nSPS) is 19.4. The summed E-state index contributed by atoms with van der Waals surface area (Å²) in [5.74, 6) is 7.90. The maximum atomic E-state index is 5.43. The number of rotatable bonds is 4. The molecule has 0 radical (unpaired) electrons. The van der Waals surface area contributed by atoms with Gasteiger partial charge < -0.3 is 9.80 Å². The van der Waals surface area contributed by atoms with Crippen LogP contribution in [0.3, 0.4) is 0 Å². The fourth-order valence-corrected chi connectivity index (χ4v) is 2.34. The quantitative estimate of drug-likeness (QED) is 0.616. The van der Waals surface area contributed by atoms with Gasteiger partial charge in [-0.2, -0.15) is 15.0 Å². The van der Waals surface area contributed by atoms with Gasteiger partial charge in [0.2, 0.25) is 17.8 Å². The molecule has 3 N–H and O–H groups in total. The largest absolute Gasteiger partial charge is 0.347 e. The van der Waals surface area contributed by atoms with Gasteiger partial charge in [-0.15, -0.1) is 0 Å². The zero-order valence-corrected chi connectivity index (χ0v) is 11.9. The second-order valence-electron chi connectivity index (χ2n) is 5.16. The second kappa shape index (κ2) is 6.01. The Labute approximate surface area is 114 Å². The molecule has 1 aromatic rings.